The average molecular weight is 542 g/mol. The summed E-state index contributed by atoms with van der Waals surface area (Å²) in [7, 11) is 0. The lowest BCUT2D eigenvalue weighted by molar-refractivity contribution is -0.388. The quantitative estimate of drug-likeness (QED) is 0.387. The summed E-state index contributed by atoms with van der Waals surface area (Å²) in [6, 6.07) is 10.4. The number of nitrogens with zero attached hydrogens (tertiary/aromatic N) is 4. The minimum Gasteiger partial charge on any atom is -0.380 e. The van der Waals surface area contributed by atoms with Gasteiger partial charge in [0, 0.05) is 80.7 Å². The van der Waals surface area contributed by atoms with E-state index in [4.69, 9.17) is 11.6 Å². The molecule has 2 aromatic rings. The van der Waals surface area contributed by atoms with E-state index in [0.29, 0.717) is 37.5 Å². The summed E-state index contributed by atoms with van der Waals surface area (Å²) in [6.45, 7) is 4.96. The number of nitro benzene ring substituents is 1. The summed E-state index contributed by atoms with van der Waals surface area (Å²) in [5.41, 5.74) is -1.00. The maximum Gasteiger partial charge on any atom is 0.423 e. The Hall–Kier alpha value is -3.05. The first-order valence-corrected chi connectivity index (χ1v) is 12.1. The van der Waals surface area contributed by atoms with Crippen molar-refractivity contribution in [2.24, 2.45) is 0 Å². The van der Waals surface area contributed by atoms with Crippen LogP contribution in [0, 0.1) is 10.1 Å². The standard InChI is InChI=1S/C24H27ClF3N5O3.CH4/c25-17-1-4-20(5-2-17)31-13-11-30(12-14-31)9-8-23(34)32-10-7-19(16-32)29-18-3-6-22(33(35)36)21(15-18)24(26,27)28;/h1-6,15,19,29H,7-14,16H2;1H4/t19-;/m0./s1. The molecule has 1 amide bonds. The van der Waals surface area contributed by atoms with E-state index in [2.05, 4.69) is 15.1 Å². The second-order valence-corrected chi connectivity index (χ2v) is 9.45. The molecule has 0 radical (unpaired) electrons. The summed E-state index contributed by atoms with van der Waals surface area (Å²) in [4.78, 5) is 28.9. The molecule has 0 spiro atoms. The van der Waals surface area contributed by atoms with Crippen LogP contribution in [0.5, 0.6) is 0 Å². The number of halogens is 4. The SMILES string of the molecule is C.O=C(CCN1CCN(c2ccc(Cl)cc2)CC1)N1CC[C@H](Nc2ccc([N+](=O)[O-])c(C(F)(F)F)c2)C1. The summed E-state index contributed by atoms with van der Waals surface area (Å²) in [5.74, 6) is 0.0131. The summed E-state index contributed by atoms with van der Waals surface area (Å²) < 4.78 is 39.7. The van der Waals surface area contributed by atoms with Crippen LogP contribution in [0.15, 0.2) is 42.5 Å². The molecule has 1 atom stereocenters. The highest BCUT2D eigenvalue weighted by molar-refractivity contribution is 6.30. The first-order valence-electron chi connectivity index (χ1n) is 11.7. The fourth-order valence-corrected chi connectivity index (χ4v) is 4.77. The van der Waals surface area contributed by atoms with Crippen molar-refractivity contribution in [2.75, 3.05) is 56.0 Å². The van der Waals surface area contributed by atoms with E-state index in [1.807, 2.05) is 24.3 Å². The van der Waals surface area contributed by atoms with Gasteiger partial charge in [0.1, 0.15) is 5.56 Å². The Balaban J connectivity index is 0.00000380. The van der Waals surface area contributed by atoms with Crippen LogP contribution in [0.2, 0.25) is 5.02 Å². The first-order chi connectivity index (χ1) is 17.1. The van der Waals surface area contributed by atoms with Gasteiger partial charge in [-0.2, -0.15) is 13.2 Å². The molecule has 0 saturated carbocycles. The van der Waals surface area contributed by atoms with Crippen molar-refractivity contribution >= 4 is 34.6 Å². The number of amides is 1. The molecule has 2 aliphatic heterocycles. The van der Waals surface area contributed by atoms with Gasteiger partial charge in [-0.15, -0.1) is 0 Å². The van der Waals surface area contributed by atoms with Crippen molar-refractivity contribution in [3.05, 3.63) is 63.2 Å². The fourth-order valence-electron chi connectivity index (χ4n) is 4.65. The van der Waals surface area contributed by atoms with Crippen LogP contribution in [-0.2, 0) is 11.0 Å². The number of carbonyl (C=O) groups excluding carboxylic acids is 1. The van der Waals surface area contributed by atoms with E-state index in [0.717, 1.165) is 44.0 Å². The van der Waals surface area contributed by atoms with Gasteiger partial charge in [-0.3, -0.25) is 19.8 Å². The molecule has 1 N–H and O–H groups in total. The largest absolute Gasteiger partial charge is 0.423 e. The Morgan fingerprint density at radius 2 is 1.76 bits per heavy atom. The predicted octanol–water partition coefficient (Wildman–Crippen LogP) is 5.13. The maximum absolute atomic E-state index is 13.2. The van der Waals surface area contributed by atoms with Crippen LogP contribution >= 0.6 is 11.6 Å². The van der Waals surface area contributed by atoms with Crippen molar-refractivity contribution in [1.29, 1.82) is 0 Å². The van der Waals surface area contributed by atoms with E-state index in [1.165, 1.54) is 6.07 Å². The zero-order chi connectivity index (χ0) is 25.9. The highest BCUT2D eigenvalue weighted by Gasteiger charge is 2.38. The molecule has 8 nitrogen and oxygen atoms in total. The number of rotatable bonds is 7. The molecule has 12 heteroatoms. The van der Waals surface area contributed by atoms with Crippen LogP contribution in [-0.4, -0.2) is 72.5 Å². The molecule has 2 aromatic carbocycles. The number of likely N-dealkylation sites (tertiary alicyclic amines) is 1. The van der Waals surface area contributed by atoms with Crippen molar-refractivity contribution in [2.45, 2.75) is 32.5 Å². The normalized spacial score (nSPS) is 18.4. The lowest BCUT2D eigenvalue weighted by Crippen LogP contribution is -2.47. The molecule has 0 aliphatic carbocycles. The molecule has 2 fully saturated rings. The monoisotopic (exact) mass is 541 g/mol. The molecule has 202 valence electrons. The van der Waals surface area contributed by atoms with Gasteiger partial charge in [0.15, 0.2) is 0 Å². The predicted molar refractivity (Wildman–Crippen MR) is 138 cm³/mol. The zero-order valence-corrected chi connectivity index (χ0v) is 20.3. The summed E-state index contributed by atoms with van der Waals surface area (Å²) in [5, 5.41) is 14.6. The highest BCUT2D eigenvalue weighted by atomic mass is 35.5. The van der Waals surface area contributed by atoms with Gasteiger partial charge in [-0.05, 0) is 42.8 Å². The Morgan fingerprint density at radius 3 is 2.38 bits per heavy atom. The van der Waals surface area contributed by atoms with Crippen LogP contribution in [0.1, 0.15) is 25.8 Å². The molecule has 0 unspecified atom stereocenters. The van der Waals surface area contributed by atoms with Crippen LogP contribution in [0.3, 0.4) is 0 Å². The second kappa shape index (κ2) is 12.0. The number of nitrogens with one attached hydrogen (secondary N) is 1. The number of anilines is 2. The Kier molecular flexibility index (Phi) is 9.25. The third-order valence-corrected chi connectivity index (χ3v) is 6.87. The van der Waals surface area contributed by atoms with Gasteiger partial charge >= 0.3 is 6.18 Å². The Labute approximate surface area is 219 Å². The van der Waals surface area contributed by atoms with Crippen LogP contribution in [0.4, 0.5) is 30.2 Å². The number of carbonyl (C=O) groups is 1. The topological polar surface area (TPSA) is 82.0 Å². The molecule has 2 heterocycles. The molecular weight excluding hydrogens is 511 g/mol. The van der Waals surface area contributed by atoms with Crippen molar-refractivity contribution in [3.8, 4) is 0 Å². The van der Waals surface area contributed by atoms with Gasteiger partial charge in [0.2, 0.25) is 5.91 Å². The molecule has 0 bridgehead atoms. The molecular formula is C25H31ClF3N5O3. The summed E-state index contributed by atoms with van der Waals surface area (Å²) >= 11 is 5.96. The summed E-state index contributed by atoms with van der Waals surface area (Å²) in [6.07, 6.45) is -3.87. The highest BCUT2D eigenvalue weighted by Crippen LogP contribution is 2.37. The van der Waals surface area contributed by atoms with Gasteiger partial charge in [0.05, 0.1) is 4.92 Å². The number of nitro groups is 1. The van der Waals surface area contributed by atoms with E-state index in [1.54, 1.807) is 4.90 Å². The minimum atomic E-state index is -4.84. The minimum absolute atomic E-state index is 0. The van der Waals surface area contributed by atoms with Crippen LogP contribution < -0.4 is 10.2 Å². The van der Waals surface area contributed by atoms with Gasteiger partial charge in [0.25, 0.3) is 5.69 Å². The van der Waals surface area contributed by atoms with Crippen molar-refractivity contribution in [1.82, 2.24) is 9.80 Å². The van der Waals surface area contributed by atoms with Crippen molar-refractivity contribution in [3.63, 3.8) is 0 Å². The maximum atomic E-state index is 13.2. The fraction of sp³-hybridized carbons (Fsp3) is 0.480. The first kappa shape index (κ1) is 28.5. The van der Waals surface area contributed by atoms with Gasteiger partial charge in [-0.25, -0.2) is 0 Å². The third-order valence-electron chi connectivity index (χ3n) is 6.62. The number of piperazine rings is 1. The number of hydrogen-bond donors (Lipinski definition) is 1. The van der Waals surface area contributed by atoms with Crippen LogP contribution in [0.25, 0.3) is 0 Å². The smallest absolute Gasteiger partial charge is 0.380 e. The number of hydrogen-bond acceptors (Lipinski definition) is 6. The van der Waals surface area contributed by atoms with Crippen molar-refractivity contribution < 1.29 is 22.9 Å². The lowest BCUT2D eigenvalue weighted by atomic mass is 10.1. The molecule has 4 rings (SSSR count). The van der Waals surface area contributed by atoms with E-state index in [9.17, 15) is 28.1 Å². The lowest BCUT2D eigenvalue weighted by Gasteiger charge is -2.36. The van der Waals surface area contributed by atoms with Gasteiger partial charge in [-0.1, -0.05) is 19.0 Å². The molecule has 2 aliphatic rings. The molecule has 0 aromatic heterocycles. The molecule has 37 heavy (non-hydrogen) atoms. The average Bonchev–Trinajstić information content (AvgIpc) is 3.31. The Morgan fingerprint density at radius 1 is 1.08 bits per heavy atom. The second-order valence-electron chi connectivity index (χ2n) is 9.01. The third kappa shape index (κ3) is 7.26. The Bertz CT molecular complexity index is 1090. The number of alkyl halides is 3. The van der Waals surface area contributed by atoms with E-state index >= 15 is 0 Å². The number of benzene rings is 2. The van der Waals surface area contributed by atoms with E-state index in [-0.39, 0.29) is 25.1 Å². The van der Waals surface area contributed by atoms with E-state index < -0.39 is 22.4 Å². The van der Waals surface area contributed by atoms with Gasteiger partial charge < -0.3 is 15.1 Å². The molecule has 2 saturated heterocycles. The zero-order valence-electron chi connectivity index (χ0n) is 19.5.